The lowest BCUT2D eigenvalue weighted by Crippen LogP contribution is -2.33. The Morgan fingerprint density at radius 3 is 2.52 bits per heavy atom. The summed E-state index contributed by atoms with van der Waals surface area (Å²) >= 11 is 0. The van der Waals surface area contributed by atoms with Crippen LogP contribution >= 0.6 is 0 Å². The van der Waals surface area contributed by atoms with E-state index in [1.54, 1.807) is 0 Å². The zero-order valence-corrected chi connectivity index (χ0v) is 15.0. The van der Waals surface area contributed by atoms with Crippen molar-refractivity contribution in [3.8, 4) is 0 Å². The third kappa shape index (κ3) is 11.7. The normalized spacial score (nSPS) is 15.1. The second kappa shape index (κ2) is 11.0. The lowest BCUT2D eigenvalue weighted by Gasteiger charge is -2.24. The van der Waals surface area contributed by atoms with Crippen LogP contribution in [0.4, 0.5) is 0 Å². The van der Waals surface area contributed by atoms with Gasteiger partial charge >= 0.3 is 5.97 Å². The topological polar surface area (TPSA) is 55.8 Å². The highest BCUT2D eigenvalue weighted by Crippen LogP contribution is 2.22. The first-order valence-corrected chi connectivity index (χ1v) is 8.55. The molecule has 0 aromatic rings. The summed E-state index contributed by atoms with van der Waals surface area (Å²) < 4.78 is 10.4. The Balaban J connectivity index is 4.48. The molecule has 0 spiro atoms. The number of unbranched alkanes of at least 4 members (excludes halogenated alkanes) is 3. The van der Waals surface area contributed by atoms with Crippen molar-refractivity contribution >= 4 is 15.7 Å². The van der Waals surface area contributed by atoms with Gasteiger partial charge in [-0.3, -0.25) is 4.79 Å². The van der Waals surface area contributed by atoms with E-state index in [1.807, 2.05) is 12.2 Å². The summed E-state index contributed by atoms with van der Waals surface area (Å²) in [7, 11) is 1.58. The van der Waals surface area contributed by atoms with Crippen LogP contribution in [0, 0.1) is 0 Å². The van der Waals surface area contributed by atoms with Crippen LogP contribution in [-0.4, -0.2) is 40.2 Å². The maximum absolute atomic E-state index is 11.3. The molecule has 0 fully saturated rings. The van der Waals surface area contributed by atoms with E-state index in [0.717, 1.165) is 12.8 Å². The van der Waals surface area contributed by atoms with Crippen molar-refractivity contribution in [3.05, 3.63) is 12.2 Å². The van der Waals surface area contributed by atoms with Crippen LogP contribution in [0.2, 0.25) is 5.04 Å². The Bertz CT molecular complexity index is 310. The first-order valence-electron chi connectivity index (χ1n) is 7.64. The molecule has 0 aliphatic heterocycles. The maximum atomic E-state index is 11.3. The number of ether oxygens (including phenoxy) is 1. The number of hydrogen-bond donors (Lipinski definition) is 1. The molecule has 0 unspecified atom stereocenters. The van der Waals surface area contributed by atoms with E-state index in [1.165, 1.54) is 20.0 Å². The zero-order valence-electron chi connectivity index (χ0n) is 14.0. The van der Waals surface area contributed by atoms with E-state index in [2.05, 4.69) is 32.4 Å². The lowest BCUT2D eigenvalue weighted by molar-refractivity contribution is -0.143. The fourth-order valence-electron chi connectivity index (χ4n) is 1.60. The minimum Gasteiger partial charge on any atom is -0.469 e. The number of aliphatic hydroxyl groups is 1. The van der Waals surface area contributed by atoms with Crippen LogP contribution < -0.4 is 0 Å². The molecule has 5 heteroatoms. The molecular formula is C16H30O4Si. The number of rotatable bonds is 10. The molecule has 21 heavy (non-hydrogen) atoms. The van der Waals surface area contributed by atoms with E-state index in [9.17, 15) is 9.90 Å². The van der Waals surface area contributed by atoms with Crippen molar-refractivity contribution in [2.75, 3.05) is 7.11 Å². The zero-order chi connectivity index (χ0) is 16.3. The van der Waals surface area contributed by atoms with E-state index in [0.29, 0.717) is 0 Å². The Morgan fingerprint density at radius 2 is 2.00 bits per heavy atom. The molecule has 4 nitrogen and oxygen atoms in total. The first kappa shape index (κ1) is 20.3. The summed E-state index contributed by atoms with van der Waals surface area (Å²) in [6.07, 6.45) is 7.03. The van der Waals surface area contributed by atoms with Gasteiger partial charge in [-0.1, -0.05) is 52.7 Å². The van der Waals surface area contributed by atoms with Crippen molar-refractivity contribution in [2.45, 2.75) is 77.0 Å². The number of esters is 1. The van der Waals surface area contributed by atoms with Gasteiger partial charge < -0.3 is 14.3 Å². The van der Waals surface area contributed by atoms with Crippen molar-refractivity contribution in [1.29, 1.82) is 0 Å². The highest BCUT2D eigenvalue weighted by molar-refractivity contribution is 6.31. The molecule has 122 valence electrons. The van der Waals surface area contributed by atoms with Crippen LogP contribution in [0.15, 0.2) is 12.2 Å². The third-order valence-corrected chi connectivity index (χ3v) is 3.79. The summed E-state index contributed by atoms with van der Waals surface area (Å²) in [5.74, 6) is -0.422. The Morgan fingerprint density at radius 1 is 1.33 bits per heavy atom. The Kier molecular flexibility index (Phi) is 10.6. The molecule has 0 amide bonds. The van der Waals surface area contributed by atoms with E-state index >= 15 is 0 Å². The van der Waals surface area contributed by atoms with Gasteiger partial charge in [0.05, 0.1) is 25.7 Å². The van der Waals surface area contributed by atoms with E-state index < -0.39 is 18.2 Å². The van der Waals surface area contributed by atoms with Crippen LogP contribution in [0.3, 0.4) is 0 Å². The SMILES string of the molecule is CCCCCC=C[C@H](O[Si]C(C)(C)C)[C@H](O)CC(=O)OC. The van der Waals surface area contributed by atoms with Gasteiger partial charge in [0.15, 0.2) is 0 Å². The van der Waals surface area contributed by atoms with Crippen molar-refractivity contribution in [3.63, 3.8) is 0 Å². The first-order chi connectivity index (χ1) is 9.80. The summed E-state index contributed by atoms with van der Waals surface area (Å²) in [6.45, 7) is 8.42. The third-order valence-electron chi connectivity index (χ3n) is 2.78. The van der Waals surface area contributed by atoms with Crippen LogP contribution in [0.1, 0.15) is 59.8 Å². The van der Waals surface area contributed by atoms with Gasteiger partial charge in [0.25, 0.3) is 0 Å². The quantitative estimate of drug-likeness (QED) is 0.291. The number of allylic oxidation sites excluding steroid dienone is 1. The molecular weight excluding hydrogens is 284 g/mol. The van der Waals surface area contributed by atoms with Gasteiger partial charge in [0.1, 0.15) is 0 Å². The van der Waals surface area contributed by atoms with E-state index in [4.69, 9.17) is 4.43 Å². The Labute approximate surface area is 131 Å². The number of aliphatic hydroxyl groups excluding tert-OH is 1. The molecule has 0 saturated heterocycles. The monoisotopic (exact) mass is 314 g/mol. The molecule has 0 aromatic heterocycles. The smallest absolute Gasteiger partial charge is 0.308 e. The molecule has 2 radical (unpaired) electrons. The fourth-order valence-corrected chi connectivity index (χ4v) is 2.33. The molecule has 0 bridgehead atoms. The molecule has 0 aliphatic rings. The summed E-state index contributed by atoms with van der Waals surface area (Å²) in [6, 6.07) is 0. The average Bonchev–Trinajstić information content (AvgIpc) is 2.40. The summed E-state index contributed by atoms with van der Waals surface area (Å²) in [5.41, 5.74) is 0. The average molecular weight is 314 g/mol. The van der Waals surface area contributed by atoms with Gasteiger partial charge in [-0.2, -0.15) is 0 Å². The predicted octanol–water partition coefficient (Wildman–Crippen LogP) is 3.27. The fraction of sp³-hybridized carbons (Fsp3) is 0.812. The standard InChI is InChI=1S/C16H30O4Si/c1-6-7-8-9-10-11-14(20-21-16(2,3)4)13(17)12-15(18)19-5/h10-11,13-14,17H,6-9,12H2,1-5H3/t13-,14+/m1/s1. The molecule has 0 rings (SSSR count). The van der Waals surface area contributed by atoms with Crippen LogP contribution in [0.25, 0.3) is 0 Å². The second-order valence-corrected chi connectivity index (χ2v) is 8.15. The van der Waals surface area contributed by atoms with Gasteiger partial charge in [0.2, 0.25) is 9.76 Å². The number of carbonyl (C=O) groups excluding carboxylic acids is 1. The molecule has 0 aliphatic carbocycles. The number of hydrogen-bond acceptors (Lipinski definition) is 4. The molecule has 1 N–H and O–H groups in total. The van der Waals surface area contributed by atoms with Crippen LogP contribution in [-0.2, 0) is 14.0 Å². The second-order valence-electron chi connectivity index (χ2n) is 6.21. The highest BCUT2D eigenvalue weighted by atomic mass is 28.2. The minimum atomic E-state index is -0.866. The molecule has 2 atom stereocenters. The lowest BCUT2D eigenvalue weighted by atomic mass is 10.1. The van der Waals surface area contributed by atoms with E-state index in [-0.39, 0.29) is 21.2 Å². The number of methoxy groups -OCH3 is 1. The molecule has 0 heterocycles. The van der Waals surface area contributed by atoms with Gasteiger partial charge in [-0.25, -0.2) is 0 Å². The molecule has 0 aromatic carbocycles. The summed E-state index contributed by atoms with van der Waals surface area (Å²) in [4.78, 5) is 11.3. The van der Waals surface area contributed by atoms with Crippen LogP contribution in [0.5, 0.6) is 0 Å². The van der Waals surface area contributed by atoms with Gasteiger partial charge in [-0.05, 0) is 17.9 Å². The predicted molar refractivity (Wildman–Crippen MR) is 86.3 cm³/mol. The summed E-state index contributed by atoms with van der Waals surface area (Å²) in [5, 5.41) is 10.2. The maximum Gasteiger partial charge on any atom is 0.308 e. The van der Waals surface area contributed by atoms with Crippen molar-refractivity contribution in [2.24, 2.45) is 0 Å². The largest absolute Gasteiger partial charge is 0.469 e. The number of carbonyl (C=O) groups is 1. The Hall–Kier alpha value is -0.653. The highest BCUT2D eigenvalue weighted by Gasteiger charge is 2.24. The van der Waals surface area contributed by atoms with Crippen molar-refractivity contribution < 1.29 is 19.1 Å². The minimum absolute atomic E-state index is 0.0410. The van der Waals surface area contributed by atoms with Crippen molar-refractivity contribution in [1.82, 2.24) is 0 Å². The molecule has 0 saturated carbocycles. The van der Waals surface area contributed by atoms with Gasteiger partial charge in [0, 0.05) is 0 Å². The van der Waals surface area contributed by atoms with Gasteiger partial charge in [-0.15, -0.1) is 0 Å².